The second kappa shape index (κ2) is 7.36. The molecule has 0 saturated heterocycles. The number of nitrogen functional groups attached to an aromatic ring is 1. The smallest absolute Gasteiger partial charge is 0.216 e. The number of halogens is 1. The van der Waals surface area contributed by atoms with Crippen molar-refractivity contribution in [3.8, 4) is 0 Å². The van der Waals surface area contributed by atoms with Gasteiger partial charge in [-0.2, -0.15) is 0 Å². The van der Waals surface area contributed by atoms with Crippen molar-refractivity contribution in [3.05, 3.63) is 29.8 Å². The van der Waals surface area contributed by atoms with Crippen molar-refractivity contribution in [2.24, 2.45) is 4.99 Å². The van der Waals surface area contributed by atoms with Crippen molar-refractivity contribution in [3.63, 3.8) is 0 Å². The van der Waals surface area contributed by atoms with E-state index >= 15 is 0 Å². The van der Waals surface area contributed by atoms with E-state index in [4.69, 9.17) is 10.5 Å². The molecular formula is C14H22ClN3O. The van der Waals surface area contributed by atoms with Crippen LogP contribution in [0.15, 0.2) is 29.3 Å². The lowest BCUT2D eigenvalue weighted by Gasteiger charge is -2.21. The molecule has 0 amide bonds. The predicted octanol–water partition coefficient (Wildman–Crippen LogP) is 2.18. The highest BCUT2D eigenvalue weighted by Gasteiger charge is 2.22. The fourth-order valence-electron chi connectivity index (χ4n) is 2.07. The summed E-state index contributed by atoms with van der Waals surface area (Å²) < 4.78 is 5.89. The molecule has 1 heterocycles. The number of nitrogens with two attached hydrogens (primary N) is 1. The van der Waals surface area contributed by atoms with Gasteiger partial charge in [0.05, 0.1) is 6.54 Å². The van der Waals surface area contributed by atoms with E-state index in [0.29, 0.717) is 0 Å². The van der Waals surface area contributed by atoms with E-state index in [1.165, 1.54) is 0 Å². The summed E-state index contributed by atoms with van der Waals surface area (Å²) in [5.74, 6) is 0.743. The lowest BCUT2D eigenvalue weighted by molar-refractivity contribution is 0.154. The molecule has 2 N–H and O–H groups in total. The first kappa shape index (κ1) is 15.8. The molecule has 1 atom stereocenters. The van der Waals surface area contributed by atoms with Crippen LogP contribution >= 0.6 is 12.4 Å². The Hall–Kier alpha value is -1.26. The standard InChI is InChI=1S/C14H21N3O.ClH/c1-3-17(4-2)10-13-9-16-14(18-13)11-5-7-12(15)8-6-11;/h5-8,13H,3-4,9-10,15H2,1-2H3;1H/t13-;/m0./s1. The van der Waals surface area contributed by atoms with Crippen molar-refractivity contribution >= 4 is 24.0 Å². The molecule has 4 nitrogen and oxygen atoms in total. The van der Waals surface area contributed by atoms with E-state index in [1.54, 1.807) is 0 Å². The van der Waals surface area contributed by atoms with Gasteiger partial charge in [0.1, 0.15) is 6.10 Å². The third-order valence-electron chi connectivity index (χ3n) is 3.23. The van der Waals surface area contributed by atoms with Gasteiger partial charge in [-0.25, -0.2) is 4.99 Å². The molecule has 0 aliphatic carbocycles. The van der Waals surface area contributed by atoms with E-state index in [2.05, 4.69) is 23.7 Å². The largest absolute Gasteiger partial charge is 0.471 e. The quantitative estimate of drug-likeness (QED) is 0.843. The topological polar surface area (TPSA) is 50.8 Å². The Morgan fingerprint density at radius 1 is 1.26 bits per heavy atom. The number of likely N-dealkylation sites (N-methyl/N-ethyl adjacent to an activating group) is 1. The minimum atomic E-state index is 0. The van der Waals surface area contributed by atoms with Gasteiger partial charge in [0.25, 0.3) is 0 Å². The van der Waals surface area contributed by atoms with Crippen molar-refractivity contribution in [2.75, 3.05) is 31.9 Å². The molecule has 0 spiro atoms. The Morgan fingerprint density at radius 2 is 1.89 bits per heavy atom. The fraction of sp³-hybridized carbons (Fsp3) is 0.500. The lowest BCUT2D eigenvalue weighted by atomic mass is 10.2. The average Bonchev–Trinajstić information content (AvgIpc) is 2.85. The van der Waals surface area contributed by atoms with Gasteiger partial charge in [0, 0.05) is 17.8 Å². The van der Waals surface area contributed by atoms with E-state index in [0.717, 1.165) is 43.3 Å². The van der Waals surface area contributed by atoms with Crippen LogP contribution in [0.4, 0.5) is 5.69 Å². The Kier molecular flexibility index (Phi) is 6.12. The number of hydrogen-bond acceptors (Lipinski definition) is 4. The first-order chi connectivity index (χ1) is 8.72. The Labute approximate surface area is 121 Å². The zero-order chi connectivity index (χ0) is 13.0. The van der Waals surface area contributed by atoms with Gasteiger partial charge < -0.3 is 15.4 Å². The monoisotopic (exact) mass is 283 g/mol. The van der Waals surface area contributed by atoms with Crippen molar-refractivity contribution < 1.29 is 4.74 Å². The van der Waals surface area contributed by atoms with E-state index in [1.807, 2.05) is 24.3 Å². The number of aliphatic imine (C=N–C) groups is 1. The van der Waals surface area contributed by atoms with Gasteiger partial charge in [-0.3, -0.25) is 0 Å². The molecule has 1 aliphatic heterocycles. The van der Waals surface area contributed by atoms with Gasteiger partial charge in [-0.05, 0) is 37.4 Å². The van der Waals surface area contributed by atoms with Gasteiger partial charge >= 0.3 is 0 Å². The Bertz CT molecular complexity index is 415. The SMILES string of the molecule is CCN(CC)C[C@@H]1CN=C(c2ccc(N)cc2)O1.Cl. The average molecular weight is 284 g/mol. The summed E-state index contributed by atoms with van der Waals surface area (Å²) in [5.41, 5.74) is 7.43. The maximum Gasteiger partial charge on any atom is 0.216 e. The van der Waals surface area contributed by atoms with Crippen LogP contribution in [0.1, 0.15) is 19.4 Å². The predicted molar refractivity (Wildman–Crippen MR) is 82.2 cm³/mol. The van der Waals surface area contributed by atoms with E-state index in [-0.39, 0.29) is 18.5 Å². The number of benzene rings is 1. The van der Waals surface area contributed by atoms with Crippen LogP contribution in [0.2, 0.25) is 0 Å². The number of hydrogen-bond donors (Lipinski definition) is 1. The highest BCUT2D eigenvalue weighted by molar-refractivity contribution is 5.95. The van der Waals surface area contributed by atoms with Gasteiger partial charge in [-0.1, -0.05) is 13.8 Å². The van der Waals surface area contributed by atoms with Crippen LogP contribution in [0.3, 0.4) is 0 Å². The third-order valence-corrected chi connectivity index (χ3v) is 3.23. The zero-order valence-corrected chi connectivity index (χ0v) is 12.3. The number of anilines is 1. The first-order valence-corrected chi connectivity index (χ1v) is 6.52. The molecule has 0 fully saturated rings. The Morgan fingerprint density at radius 3 is 2.47 bits per heavy atom. The summed E-state index contributed by atoms with van der Waals surface area (Å²) in [6.45, 7) is 8.12. The van der Waals surface area contributed by atoms with E-state index < -0.39 is 0 Å². The first-order valence-electron chi connectivity index (χ1n) is 6.52. The molecule has 0 radical (unpaired) electrons. The maximum atomic E-state index is 5.89. The lowest BCUT2D eigenvalue weighted by Crippen LogP contribution is -2.34. The molecule has 2 rings (SSSR count). The van der Waals surface area contributed by atoms with Gasteiger partial charge in [0.2, 0.25) is 5.90 Å². The molecule has 0 saturated carbocycles. The second-order valence-corrected chi connectivity index (χ2v) is 4.49. The summed E-state index contributed by atoms with van der Waals surface area (Å²) in [7, 11) is 0. The summed E-state index contributed by atoms with van der Waals surface area (Å²) in [6.07, 6.45) is 0.178. The summed E-state index contributed by atoms with van der Waals surface area (Å²) >= 11 is 0. The van der Waals surface area contributed by atoms with Crippen molar-refractivity contribution in [1.82, 2.24) is 4.90 Å². The normalized spacial score (nSPS) is 17.8. The van der Waals surface area contributed by atoms with Crippen LogP contribution in [0, 0.1) is 0 Å². The molecule has 106 valence electrons. The summed E-state index contributed by atoms with van der Waals surface area (Å²) in [5, 5.41) is 0. The van der Waals surface area contributed by atoms with Crippen molar-refractivity contribution in [1.29, 1.82) is 0 Å². The molecule has 19 heavy (non-hydrogen) atoms. The fourth-order valence-corrected chi connectivity index (χ4v) is 2.07. The molecule has 0 aromatic heterocycles. The molecule has 1 aromatic carbocycles. The molecule has 5 heteroatoms. The van der Waals surface area contributed by atoms with Crippen LogP contribution in [-0.4, -0.2) is 43.1 Å². The Balaban J connectivity index is 0.00000180. The highest BCUT2D eigenvalue weighted by Crippen LogP contribution is 2.14. The molecule has 1 aliphatic rings. The highest BCUT2D eigenvalue weighted by atomic mass is 35.5. The number of nitrogens with zero attached hydrogens (tertiary/aromatic N) is 2. The second-order valence-electron chi connectivity index (χ2n) is 4.49. The molecule has 0 unspecified atom stereocenters. The van der Waals surface area contributed by atoms with Crippen molar-refractivity contribution in [2.45, 2.75) is 20.0 Å². The number of ether oxygens (including phenoxy) is 1. The van der Waals surface area contributed by atoms with Crippen LogP contribution in [0.25, 0.3) is 0 Å². The van der Waals surface area contributed by atoms with Crippen LogP contribution in [0.5, 0.6) is 0 Å². The minimum absolute atomic E-state index is 0. The molecule has 1 aromatic rings. The summed E-state index contributed by atoms with van der Waals surface area (Å²) in [4.78, 5) is 6.82. The number of rotatable bonds is 5. The van der Waals surface area contributed by atoms with E-state index in [9.17, 15) is 0 Å². The maximum absolute atomic E-state index is 5.89. The van der Waals surface area contributed by atoms with Gasteiger partial charge in [0.15, 0.2) is 0 Å². The van der Waals surface area contributed by atoms with Crippen LogP contribution in [-0.2, 0) is 4.74 Å². The third kappa shape index (κ3) is 4.11. The molecular weight excluding hydrogens is 262 g/mol. The summed E-state index contributed by atoms with van der Waals surface area (Å²) in [6, 6.07) is 7.65. The molecule has 0 bridgehead atoms. The zero-order valence-electron chi connectivity index (χ0n) is 11.5. The van der Waals surface area contributed by atoms with Crippen LogP contribution < -0.4 is 5.73 Å². The van der Waals surface area contributed by atoms with Gasteiger partial charge in [-0.15, -0.1) is 12.4 Å². The minimum Gasteiger partial charge on any atom is -0.471 e.